The highest BCUT2D eigenvalue weighted by molar-refractivity contribution is 6.12. The highest BCUT2D eigenvalue weighted by atomic mass is 16.5. The lowest BCUT2D eigenvalue weighted by Crippen LogP contribution is -2.36. The zero-order valence-electron chi connectivity index (χ0n) is 15.5. The first-order valence-corrected chi connectivity index (χ1v) is 9.08. The molecule has 1 aliphatic rings. The monoisotopic (exact) mass is 362 g/mol. The molecule has 4 rings (SSSR count). The van der Waals surface area contributed by atoms with Gasteiger partial charge in [-0.15, -0.1) is 0 Å². The number of carbonyl (C=O) groups is 1. The Kier molecular flexibility index (Phi) is 4.73. The van der Waals surface area contributed by atoms with E-state index in [0.29, 0.717) is 11.4 Å². The maximum atomic E-state index is 12.9. The molecule has 1 N–H and O–H groups in total. The summed E-state index contributed by atoms with van der Waals surface area (Å²) >= 11 is 0. The van der Waals surface area contributed by atoms with Crippen LogP contribution in [0.1, 0.15) is 21.6 Å². The van der Waals surface area contributed by atoms with E-state index >= 15 is 0 Å². The molecule has 6 nitrogen and oxygen atoms in total. The van der Waals surface area contributed by atoms with E-state index in [0.717, 1.165) is 54.2 Å². The Morgan fingerprint density at radius 2 is 1.93 bits per heavy atom. The van der Waals surface area contributed by atoms with E-state index in [2.05, 4.69) is 20.2 Å². The number of ether oxygens (including phenoxy) is 1. The Balaban J connectivity index is 1.57. The number of nitrogens with one attached hydrogen (secondary N) is 1. The fourth-order valence-corrected chi connectivity index (χ4v) is 3.31. The van der Waals surface area contributed by atoms with Gasteiger partial charge in [-0.05, 0) is 44.2 Å². The van der Waals surface area contributed by atoms with Gasteiger partial charge in [-0.25, -0.2) is 4.98 Å². The smallest absolute Gasteiger partial charge is 0.257 e. The largest absolute Gasteiger partial charge is 0.378 e. The molecule has 0 aliphatic carbocycles. The SMILES string of the molecule is Cc1ccc2nc(C)cc(C(=O)Nc3ccc(N4CCOCC4)cn3)c2c1. The molecule has 27 heavy (non-hydrogen) atoms. The summed E-state index contributed by atoms with van der Waals surface area (Å²) in [4.78, 5) is 24.0. The minimum Gasteiger partial charge on any atom is -0.378 e. The molecule has 0 atom stereocenters. The van der Waals surface area contributed by atoms with Gasteiger partial charge < -0.3 is 15.0 Å². The second-order valence-electron chi connectivity index (χ2n) is 6.79. The minimum absolute atomic E-state index is 0.178. The Morgan fingerprint density at radius 3 is 2.67 bits per heavy atom. The lowest BCUT2D eigenvalue weighted by atomic mass is 10.0. The van der Waals surface area contributed by atoms with E-state index in [4.69, 9.17) is 4.74 Å². The average Bonchev–Trinajstić information content (AvgIpc) is 2.69. The van der Waals surface area contributed by atoms with E-state index < -0.39 is 0 Å². The van der Waals surface area contributed by atoms with Crippen LogP contribution in [-0.4, -0.2) is 42.2 Å². The topological polar surface area (TPSA) is 67.4 Å². The molecule has 3 heterocycles. The molecule has 1 fully saturated rings. The molecule has 1 aromatic carbocycles. The molecule has 0 radical (unpaired) electrons. The molecule has 2 aromatic heterocycles. The van der Waals surface area contributed by atoms with Crippen LogP contribution in [0.2, 0.25) is 0 Å². The molecular formula is C21H22N4O2. The summed E-state index contributed by atoms with van der Waals surface area (Å²) in [6.07, 6.45) is 1.79. The van der Waals surface area contributed by atoms with Gasteiger partial charge in [0.05, 0.1) is 36.2 Å². The predicted molar refractivity (Wildman–Crippen MR) is 106 cm³/mol. The number of anilines is 2. The van der Waals surface area contributed by atoms with E-state index in [-0.39, 0.29) is 5.91 Å². The second kappa shape index (κ2) is 7.32. The summed E-state index contributed by atoms with van der Waals surface area (Å²) in [7, 11) is 0. The van der Waals surface area contributed by atoms with Gasteiger partial charge in [-0.1, -0.05) is 11.6 Å². The number of aryl methyl sites for hydroxylation is 2. The van der Waals surface area contributed by atoms with Gasteiger partial charge in [-0.3, -0.25) is 9.78 Å². The molecule has 0 unspecified atom stereocenters. The van der Waals surface area contributed by atoms with Crippen LogP contribution in [0, 0.1) is 13.8 Å². The van der Waals surface area contributed by atoms with E-state index in [9.17, 15) is 4.79 Å². The molecule has 138 valence electrons. The Morgan fingerprint density at radius 1 is 1.11 bits per heavy atom. The molecule has 0 bridgehead atoms. The average molecular weight is 362 g/mol. The zero-order valence-corrected chi connectivity index (χ0v) is 15.5. The van der Waals surface area contributed by atoms with Gasteiger partial charge in [0.1, 0.15) is 5.82 Å². The number of hydrogen-bond acceptors (Lipinski definition) is 5. The summed E-state index contributed by atoms with van der Waals surface area (Å²) < 4.78 is 5.38. The van der Waals surface area contributed by atoms with Crippen LogP contribution in [-0.2, 0) is 4.74 Å². The van der Waals surface area contributed by atoms with Crippen LogP contribution in [0.5, 0.6) is 0 Å². The minimum atomic E-state index is -0.178. The lowest BCUT2D eigenvalue weighted by Gasteiger charge is -2.28. The van der Waals surface area contributed by atoms with Gasteiger partial charge in [0.2, 0.25) is 0 Å². The summed E-state index contributed by atoms with van der Waals surface area (Å²) in [5.74, 6) is 0.356. The van der Waals surface area contributed by atoms with Crippen LogP contribution in [0.3, 0.4) is 0 Å². The lowest BCUT2D eigenvalue weighted by molar-refractivity contribution is 0.102. The molecular weight excluding hydrogens is 340 g/mol. The van der Waals surface area contributed by atoms with Crippen molar-refractivity contribution in [2.45, 2.75) is 13.8 Å². The van der Waals surface area contributed by atoms with Gasteiger partial charge in [0.15, 0.2) is 0 Å². The number of nitrogens with zero attached hydrogens (tertiary/aromatic N) is 3. The number of hydrogen-bond donors (Lipinski definition) is 1. The molecule has 0 saturated carbocycles. The number of carbonyl (C=O) groups excluding carboxylic acids is 1. The van der Waals surface area contributed by atoms with Crippen LogP contribution in [0.25, 0.3) is 10.9 Å². The number of fused-ring (bicyclic) bond motifs is 1. The van der Waals surface area contributed by atoms with Crippen molar-refractivity contribution in [3.63, 3.8) is 0 Å². The number of pyridine rings is 2. The van der Waals surface area contributed by atoms with Gasteiger partial charge in [-0.2, -0.15) is 0 Å². The highest BCUT2D eigenvalue weighted by Gasteiger charge is 2.15. The first-order chi connectivity index (χ1) is 13.1. The van der Waals surface area contributed by atoms with E-state index in [1.807, 2.05) is 50.2 Å². The first kappa shape index (κ1) is 17.4. The van der Waals surface area contributed by atoms with Gasteiger partial charge in [0.25, 0.3) is 5.91 Å². The van der Waals surface area contributed by atoms with Crippen molar-refractivity contribution in [1.82, 2.24) is 9.97 Å². The Hall–Kier alpha value is -2.99. The summed E-state index contributed by atoms with van der Waals surface area (Å²) in [5.41, 5.74) is 4.38. The number of aromatic nitrogens is 2. The number of morpholine rings is 1. The van der Waals surface area contributed by atoms with Crippen LogP contribution in [0.4, 0.5) is 11.5 Å². The first-order valence-electron chi connectivity index (χ1n) is 9.08. The third-order valence-corrected chi connectivity index (χ3v) is 4.70. The summed E-state index contributed by atoms with van der Waals surface area (Å²) in [6.45, 7) is 7.07. The highest BCUT2D eigenvalue weighted by Crippen LogP contribution is 2.22. The number of benzene rings is 1. The fourth-order valence-electron chi connectivity index (χ4n) is 3.31. The van der Waals surface area contributed by atoms with Crippen molar-refractivity contribution in [2.24, 2.45) is 0 Å². The Labute approximate surface area is 158 Å². The van der Waals surface area contributed by atoms with Crippen molar-refractivity contribution in [2.75, 3.05) is 36.5 Å². The molecule has 1 aliphatic heterocycles. The summed E-state index contributed by atoms with van der Waals surface area (Å²) in [5, 5.41) is 3.76. The van der Waals surface area contributed by atoms with Gasteiger partial charge in [0, 0.05) is 24.2 Å². The molecule has 6 heteroatoms. The zero-order chi connectivity index (χ0) is 18.8. The van der Waals surface area contributed by atoms with Crippen LogP contribution < -0.4 is 10.2 Å². The fraction of sp³-hybridized carbons (Fsp3) is 0.286. The molecule has 3 aromatic rings. The standard InChI is InChI=1S/C21H22N4O2/c1-14-3-5-19-17(11-14)18(12-15(2)23-19)21(26)24-20-6-4-16(13-22-20)25-7-9-27-10-8-25/h3-6,11-13H,7-10H2,1-2H3,(H,22,24,26). The van der Waals surface area contributed by atoms with Crippen LogP contribution in [0.15, 0.2) is 42.6 Å². The Bertz CT molecular complexity index is 979. The summed E-state index contributed by atoms with van der Waals surface area (Å²) in [6, 6.07) is 11.6. The predicted octanol–water partition coefficient (Wildman–Crippen LogP) is 3.34. The number of rotatable bonds is 3. The quantitative estimate of drug-likeness (QED) is 0.774. The number of amides is 1. The maximum absolute atomic E-state index is 12.9. The third kappa shape index (κ3) is 3.75. The normalized spacial score (nSPS) is 14.4. The second-order valence-corrected chi connectivity index (χ2v) is 6.79. The molecule has 1 saturated heterocycles. The third-order valence-electron chi connectivity index (χ3n) is 4.70. The van der Waals surface area contributed by atoms with E-state index in [1.165, 1.54) is 0 Å². The van der Waals surface area contributed by atoms with Gasteiger partial charge >= 0.3 is 0 Å². The molecule has 0 spiro atoms. The van der Waals surface area contributed by atoms with Crippen molar-refractivity contribution >= 4 is 28.3 Å². The van der Waals surface area contributed by atoms with Crippen molar-refractivity contribution in [3.05, 3.63) is 59.4 Å². The van der Waals surface area contributed by atoms with Crippen LogP contribution >= 0.6 is 0 Å². The van der Waals surface area contributed by atoms with Crippen molar-refractivity contribution in [1.29, 1.82) is 0 Å². The van der Waals surface area contributed by atoms with Crippen molar-refractivity contribution < 1.29 is 9.53 Å². The maximum Gasteiger partial charge on any atom is 0.257 e. The van der Waals surface area contributed by atoms with Crippen molar-refractivity contribution in [3.8, 4) is 0 Å². The molecule has 1 amide bonds. The van der Waals surface area contributed by atoms with E-state index in [1.54, 1.807) is 6.20 Å².